The number of methoxy groups -OCH3 is 1. The van der Waals surface area contributed by atoms with E-state index in [2.05, 4.69) is 19.2 Å². The second-order valence-electron chi connectivity index (χ2n) is 5.64. The van der Waals surface area contributed by atoms with Crippen LogP contribution < -0.4 is 10.1 Å². The summed E-state index contributed by atoms with van der Waals surface area (Å²) in [5.74, 6) is 1.26. The lowest BCUT2D eigenvalue weighted by Crippen LogP contribution is -2.37. The average Bonchev–Trinajstić information content (AvgIpc) is 2.39. The van der Waals surface area contributed by atoms with Crippen molar-refractivity contribution in [1.29, 1.82) is 0 Å². The van der Waals surface area contributed by atoms with Crippen molar-refractivity contribution < 1.29 is 14.6 Å². The van der Waals surface area contributed by atoms with Gasteiger partial charge in [-0.15, -0.1) is 0 Å². The number of nitrogens with one attached hydrogen (secondary N) is 1. The van der Waals surface area contributed by atoms with Gasteiger partial charge in [-0.05, 0) is 25.5 Å². The van der Waals surface area contributed by atoms with E-state index in [1.54, 1.807) is 14.0 Å². The van der Waals surface area contributed by atoms with E-state index < -0.39 is 5.60 Å². The van der Waals surface area contributed by atoms with Gasteiger partial charge >= 0.3 is 0 Å². The summed E-state index contributed by atoms with van der Waals surface area (Å²) in [4.78, 5) is 0. The lowest BCUT2D eigenvalue weighted by Gasteiger charge is -2.27. The van der Waals surface area contributed by atoms with Crippen molar-refractivity contribution >= 4 is 0 Å². The number of rotatable bonds is 9. The van der Waals surface area contributed by atoms with Gasteiger partial charge in [0.25, 0.3) is 0 Å². The fourth-order valence-electron chi connectivity index (χ4n) is 1.97. The van der Waals surface area contributed by atoms with Crippen LogP contribution in [-0.2, 0) is 10.3 Å². The SMILES string of the molecule is COCCOc1ccccc1C(C)(O)CNCC(C)C. The van der Waals surface area contributed by atoms with E-state index in [1.165, 1.54) is 0 Å². The first-order valence-electron chi connectivity index (χ1n) is 7.11. The van der Waals surface area contributed by atoms with E-state index in [9.17, 15) is 5.11 Å². The van der Waals surface area contributed by atoms with E-state index in [-0.39, 0.29) is 0 Å². The molecule has 0 aliphatic heterocycles. The fourth-order valence-corrected chi connectivity index (χ4v) is 1.97. The van der Waals surface area contributed by atoms with Crippen molar-refractivity contribution in [2.75, 3.05) is 33.4 Å². The van der Waals surface area contributed by atoms with Gasteiger partial charge in [-0.1, -0.05) is 32.0 Å². The lowest BCUT2D eigenvalue weighted by molar-refractivity contribution is 0.0518. The van der Waals surface area contributed by atoms with Crippen LogP contribution in [0, 0.1) is 5.92 Å². The third kappa shape index (κ3) is 5.49. The Labute approximate surface area is 122 Å². The Balaban J connectivity index is 2.71. The molecular formula is C16H27NO3. The number of hydrogen-bond donors (Lipinski definition) is 2. The highest BCUT2D eigenvalue weighted by molar-refractivity contribution is 5.37. The second-order valence-corrected chi connectivity index (χ2v) is 5.64. The zero-order valence-electron chi connectivity index (χ0n) is 13.0. The molecule has 0 aromatic heterocycles. The van der Waals surface area contributed by atoms with Crippen LogP contribution in [0.4, 0.5) is 0 Å². The second kappa shape index (κ2) is 8.25. The van der Waals surface area contributed by atoms with Gasteiger partial charge in [0.15, 0.2) is 0 Å². The van der Waals surface area contributed by atoms with Crippen LogP contribution in [0.2, 0.25) is 0 Å². The summed E-state index contributed by atoms with van der Waals surface area (Å²) in [5.41, 5.74) is -0.161. The zero-order chi connectivity index (χ0) is 15.0. The maximum atomic E-state index is 10.7. The predicted octanol–water partition coefficient (Wildman–Crippen LogP) is 2.16. The van der Waals surface area contributed by atoms with E-state index >= 15 is 0 Å². The predicted molar refractivity (Wildman–Crippen MR) is 81.1 cm³/mol. The number of ether oxygens (including phenoxy) is 2. The molecular weight excluding hydrogens is 254 g/mol. The molecule has 1 rings (SSSR count). The molecule has 2 N–H and O–H groups in total. The number of para-hydroxylation sites is 1. The van der Waals surface area contributed by atoms with Crippen LogP contribution >= 0.6 is 0 Å². The van der Waals surface area contributed by atoms with Crippen LogP contribution in [0.1, 0.15) is 26.3 Å². The Bertz CT molecular complexity index is 391. The highest BCUT2D eigenvalue weighted by atomic mass is 16.5. The first kappa shape index (κ1) is 17.0. The van der Waals surface area contributed by atoms with Crippen molar-refractivity contribution in [3.8, 4) is 5.75 Å². The monoisotopic (exact) mass is 281 g/mol. The Morgan fingerprint density at radius 2 is 1.95 bits per heavy atom. The normalized spacial score (nSPS) is 14.3. The van der Waals surface area contributed by atoms with Crippen LogP contribution in [0.5, 0.6) is 5.75 Å². The minimum atomic E-state index is -0.960. The Kier molecular flexibility index (Phi) is 6.99. The van der Waals surface area contributed by atoms with Gasteiger partial charge in [0.2, 0.25) is 0 Å². The first-order valence-corrected chi connectivity index (χ1v) is 7.11. The van der Waals surface area contributed by atoms with Gasteiger partial charge in [0.05, 0.1) is 6.61 Å². The summed E-state index contributed by atoms with van der Waals surface area (Å²) in [6, 6.07) is 7.60. The highest BCUT2D eigenvalue weighted by Gasteiger charge is 2.26. The molecule has 0 radical (unpaired) electrons. The molecule has 1 aromatic carbocycles. The van der Waals surface area contributed by atoms with E-state index in [0.717, 1.165) is 12.1 Å². The van der Waals surface area contributed by atoms with Crippen molar-refractivity contribution in [3.05, 3.63) is 29.8 Å². The summed E-state index contributed by atoms with van der Waals surface area (Å²) in [5, 5.41) is 14.0. The minimum Gasteiger partial charge on any atom is -0.491 e. The van der Waals surface area contributed by atoms with Crippen LogP contribution in [0.3, 0.4) is 0 Å². The third-order valence-electron chi connectivity index (χ3n) is 3.03. The largest absolute Gasteiger partial charge is 0.491 e. The molecule has 4 heteroatoms. The molecule has 0 amide bonds. The van der Waals surface area contributed by atoms with E-state index in [4.69, 9.17) is 9.47 Å². The molecule has 0 saturated carbocycles. The summed E-state index contributed by atoms with van der Waals surface area (Å²) in [7, 11) is 1.64. The van der Waals surface area contributed by atoms with Crippen LogP contribution in [0.25, 0.3) is 0 Å². The molecule has 1 atom stereocenters. The molecule has 0 spiro atoms. The highest BCUT2D eigenvalue weighted by Crippen LogP contribution is 2.29. The molecule has 0 heterocycles. The molecule has 20 heavy (non-hydrogen) atoms. The summed E-state index contributed by atoms with van der Waals surface area (Å²) < 4.78 is 10.7. The zero-order valence-corrected chi connectivity index (χ0v) is 13.0. The van der Waals surface area contributed by atoms with Crippen molar-refractivity contribution in [2.24, 2.45) is 5.92 Å². The summed E-state index contributed by atoms with van der Waals surface area (Å²) >= 11 is 0. The van der Waals surface area contributed by atoms with E-state index in [1.807, 2.05) is 24.3 Å². The molecule has 1 aromatic rings. The maximum Gasteiger partial charge on any atom is 0.125 e. The molecule has 0 saturated heterocycles. The quantitative estimate of drug-likeness (QED) is 0.681. The summed E-state index contributed by atoms with van der Waals surface area (Å²) in [6.07, 6.45) is 0. The smallest absolute Gasteiger partial charge is 0.125 e. The topological polar surface area (TPSA) is 50.7 Å². The standard InChI is InChI=1S/C16H27NO3/c1-13(2)11-17-12-16(3,18)14-7-5-6-8-15(14)20-10-9-19-4/h5-8,13,17-18H,9-12H2,1-4H3. The molecule has 0 aliphatic carbocycles. The van der Waals surface area contributed by atoms with Crippen LogP contribution in [-0.4, -0.2) is 38.5 Å². The Hall–Kier alpha value is -1.10. The molecule has 1 unspecified atom stereocenters. The number of hydrogen-bond acceptors (Lipinski definition) is 4. The van der Waals surface area contributed by atoms with Gasteiger partial charge in [0, 0.05) is 19.2 Å². The third-order valence-corrected chi connectivity index (χ3v) is 3.03. The summed E-state index contributed by atoms with van der Waals surface area (Å²) in [6.45, 7) is 8.47. The molecule has 114 valence electrons. The van der Waals surface area contributed by atoms with E-state index in [0.29, 0.717) is 31.4 Å². The van der Waals surface area contributed by atoms with Crippen molar-refractivity contribution in [1.82, 2.24) is 5.32 Å². The Morgan fingerprint density at radius 3 is 2.60 bits per heavy atom. The van der Waals surface area contributed by atoms with Gasteiger partial charge in [0.1, 0.15) is 18.0 Å². The molecule has 0 bridgehead atoms. The average molecular weight is 281 g/mol. The van der Waals surface area contributed by atoms with Crippen LogP contribution in [0.15, 0.2) is 24.3 Å². The Morgan fingerprint density at radius 1 is 1.25 bits per heavy atom. The number of benzene rings is 1. The molecule has 0 fully saturated rings. The van der Waals surface area contributed by atoms with Gasteiger partial charge in [-0.3, -0.25) is 0 Å². The number of aliphatic hydroxyl groups is 1. The first-order chi connectivity index (χ1) is 9.47. The maximum absolute atomic E-state index is 10.7. The molecule has 0 aliphatic rings. The van der Waals surface area contributed by atoms with Gasteiger partial charge in [-0.2, -0.15) is 0 Å². The van der Waals surface area contributed by atoms with Gasteiger partial charge < -0.3 is 19.9 Å². The fraction of sp³-hybridized carbons (Fsp3) is 0.625. The lowest BCUT2D eigenvalue weighted by atomic mass is 9.95. The van der Waals surface area contributed by atoms with Gasteiger partial charge in [-0.25, -0.2) is 0 Å². The van der Waals surface area contributed by atoms with Crippen molar-refractivity contribution in [3.63, 3.8) is 0 Å². The minimum absolute atomic E-state index is 0.475. The molecule has 4 nitrogen and oxygen atoms in total. The van der Waals surface area contributed by atoms with Crippen molar-refractivity contribution in [2.45, 2.75) is 26.4 Å².